The number of anilines is 2. The van der Waals surface area contributed by atoms with Crippen molar-refractivity contribution in [2.24, 2.45) is 0 Å². The van der Waals surface area contributed by atoms with Crippen molar-refractivity contribution in [2.45, 2.75) is 19.4 Å². The van der Waals surface area contributed by atoms with Gasteiger partial charge in [0.2, 0.25) is 11.8 Å². The van der Waals surface area contributed by atoms with Crippen LogP contribution < -0.4 is 15.0 Å². The Kier molecular flexibility index (Phi) is 6.54. The van der Waals surface area contributed by atoms with Gasteiger partial charge in [-0.2, -0.15) is 0 Å². The van der Waals surface area contributed by atoms with Crippen molar-refractivity contribution in [1.82, 2.24) is 4.90 Å². The van der Waals surface area contributed by atoms with Crippen molar-refractivity contribution >= 4 is 34.8 Å². The van der Waals surface area contributed by atoms with Crippen LogP contribution in [0.15, 0.2) is 48.5 Å². The molecular formula is C21H24ClN3O3. The smallest absolute Gasteiger partial charge is 0.241 e. The Morgan fingerprint density at radius 2 is 1.96 bits per heavy atom. The Balaban J connectivity index is 1.59. The molecule has 0 radical (unpaired) electrons. The number of benzene rings is 2. The molecule has 0 bridgehead atoms. The molecule has 28 heavy (non-hydrogen) atoms. The van der Waals surface area contributed by atoms with E-state index in [1.807, 2.05) is 55.3 Å². The van der Waals surface area contributed by atoms with Crippen LogP contribution in [0, 0.1) is 0 Å². The molecule has 0 saturated heterocycles. The van der Waals surface area contributed by atoms with E-state index in [0.717, 1.165) is 11.4 Å². The van der Waals surface area contributed by atoms with Gasteiger partial charge >= 0.3 is 0 Å². The van der Waals surface area contributed by atoms with Crippen LogP contribution in [-0.2, 0) is 9.59 Å². The van der Waals surface area contributed by atoms with Crippen LogP contribution in [0.3, 0.4) is 0 Å². The first-order valence-electron chi connectivity index (χ1n) is 9.22. The van der Waals surface area contributed by atoms with Crippen molar-refractivity contribution in [3.63, 3.8) is 0 Å². The van der Waals surface area contributed by atoms with Gasteiger partial charge in [-0.15, -0.1) is 0 Å². The van der Waals surface area contributed by atoms with E-state index in [1.54, 1.807) is 17.0 Å². The second-order valence-electron chi connectivity index (χ2n) is 6.92. The number of amides is 2. The van der Waals surface area contributed by atoms with Crippen LogP contribution in [0.1, 0.15) is 13.3 Å². The molecular weight excluding hydrogens is 378 g/mol. The first-order chi connectivity index (χ1) is 13.4. The van der Waals surface area contributed by atoms with Crippen molar-refractivity contribution in [1.29, 1.82) is 0 Å². The topological polar surface area (TPSA) is 61.9 Å². The van der Waals surface area contributed by atoms with Gasteiger partial charge in [0.05, 0.1) is 17.9 Å². The van der Waals surface area contributed by atoms with Crippen LogP contribution in [-0.4, -0.2) is 49.5 Å². The minimum Gasteiger partial charge on any atom is -0.492 e. The van der Waals surface area contributed by atoms with Crippen LogP contribution in [0.5, 0.6) is 5.75 Å². The van der Waals surface area contributed by atoms with Crippen LogP contribution in [0.25, 0.3) is 0 Å². The van der Waals surface area contributed by atoms with Gasteiger partial charge in [0.15, 0.2) is 0 Å². The van der Waals surface area contributed by atoms with E-state index >= 15 is 0 Å². The monoisotopic (exact) mass is 401 g/mol. The fourth-order valence-corrected chi connectivity index (χ4v) is 3.33. The van der Waals surface area contributed by atoms with Gasteiger partial charge in [0.25, 0.3) is 0 Å². The summed E-state index contributed by atoms with van der Waals surface area (Å²) in [6, 6.07) is 14.4. The van der Waals surface area contributed by atoms with E-state index in [-0.39, 0.29) is 30.8 Å². The molecule has 6 nitrogen and oxygen atoms in total. The zero-order valence-corrected chi connectivity index (χ0v) is 16.8. The third-order valence-electron chi connectivity index (χ3n) is 4.59. The van der Waals surface area contributed by atoms with Crippen LogP contribution >= 0.6 is 11.6 Å². The summed E-state index contributed by atoms with van der Waals surface area (Å²) < 4.78 is 5.69. The van der Waals surface area contributed by atoms with E-state index in [2.05, 4.69) is 5.32 Å². The standard InChI is InChI=1S/C21H24ClN3O3/c1-15-13-20(26)23-18-5-3-4-6-19(18)25(15)21(27)14-24(2)11-12-28-17-9-7-16(22)8-10-17/h3-10,15H,11-14H2,1-2H3,(H,23,26). The van der Waals surface area contributed by atoms with Gasteiger partial charge < -0.3 is 15.0 Å². The van der Waals surface area contributed by atoms with Crippen molar-refractivity contribution in [2.75, 3.05) is 37.0 Å². The molecule has 0 aromatic heterocycles. The average molecular weight is 402 g/mol. The first-order valence-corrected chi connectivity index (χ1v) is 9.59. The molecule has 1 aliphatic rings. The lowest BCUT2D eigenvalue weighted by Gasteiger charge is -2.29. The molecule has 0 aliphatic carbocycles. The molecule has 2 amide bonds. The van der Waals surface area contributed by atoms with E-state index in [4.69, 9.17) is 16.3 Å². The lowest BCUT2D eigenvalue weighted by molar-refractivity contribution is -0.120. The maximum atomic E-state index is 13.0. The Labute approximate surface area is 170 Å². The van der Waals surface area contributed by atoms with Crippen LogP contribution in [0.2, 0.25) is 5.02 Å². The third-order valence-corrected chi connectivity index (χ3v) is 4.84. The highest BCUT2D eigenvalue weighted by Crippen LogP contribution is 2.31. The molecule has 1 unspecified atom stereocenters. The largest absolute Gasteiger partial charge is 0.492 e. The summed E-state index contributed by atoms with van der Waals surface area (Å²) >= 11 is 5.86. The molecule has 1 N–H and O–H groups in total. The quantitative estimate of drug-likeness (QED) is 0.805. The summed E-state index contributed by atoms with van der Waals surface area (Å²) in [5.41, 5.74) is 1.40. The van der Waals surface area contributed by atoms with E-state index in [9.17, 15) is 9.59 Å². The normalized spacial score (nSPS) is 16.4. The zero-order valence-electron chi connectivity index (χ0n) is 16.0. The number of halogens is 1. The van der Waals surface area contributed by atoms with Gasteiger partial charge in [-0.1, -0.05) is 23.7 Å². The predicted molar refractivity (Wildman–Crippen MR) is 111 cm³/mol. The number of nitrogens with one attached hydrogen (secondary N) is 1. The number of para-hydroxylation sites is 2. The highest BCUT2D eigenvalue weighted by Gasteiger charge is 2.29. The number of carbonyl (C=O) groups excluding carboxylic acids is 2. The van der Waals surface area contributed by atoms with E-state index < -0.39 is 0 Å². The van der Waals surface area contributed by atoms with Gasteiger partial charge in [-0.25, -0.2) is 0 Å². The Hall–Kier alpha value is -2.57. The lowest BCUT2D eigenvalue weighted by atomic mass is 10.1. The Morgan fingerprint density at radius 3 is 2.71 bits per heavy atom. The number of nitrogens with zero attached hydrogens (tertiary/aromatic N) is 2. The molecule has 2 aromatic carbocycles. The lowest BCUT2D eigenvalue weighted by Crippen LogP contribution is -2.44. The summed E-state index contributed by atoms with van der Waals surface area (Å²) in [6.07, 6.45) is 0.268. The highest BCUT2D eigenvalue weighted by molar-refractivity contribution is 6.30. The molecule has 1 atom stereocenters. The van der Waals surface area contributed by atoms with Gasteiger partial charge in [0.1, 0.15) is 12.4 Å². The number of hydrogen-bond acceptors (Lipinski definition) is 4. The van der Waals surface area contributed by atoms with Gasteiger partial charge in [0, 0.05) is 24.0 Å². The third kappa shape index (κ3) is 5.03. The van der Waals surface area contributed by atoms with Gasteiger partial charge in [-0.05, 0) is 50.4 Å². The molecule has 0 saturated carbocycles. The maximum Gasteiger partial charge on any atom is 0.241 e. The van der Waals surface area contributed by atoms with Crippen molar-refractivity contribution in [3.05, 3.63) is 53.6 Å². The molecule has 1 aliphatic heterocycles. The number of carbonyl (C=O) groups is 2. The summed E-state index contributed by atoms with van der Waals surface area (Å²) in [6.45, 7) is 3.17. The number of likely N-dealkylation sites (N-methyl/N-ethyl adjacent to an activating group) is 1. The highest BCUT2D eigenvalue weighted by atomic mass is 35.5. The van der Waals surface area contributed by atoms with E-state index in [1.165, 1.54) is 0 Å². The fourth-order valence-electron chi connectivity index (χ4n) is 3.20. The second-order valence-corrected chi connectivity index (χ2v) is 7.36. The van der Waals surface area contributed by atoms with Crippen LogP contribution in [0.4, 0.5) is 11.4 Å². The Morgan fingerprint density at radius 1 is 1.25 bits per heavy atom. The average Bonchev–Trinajstić information content (AvgIpc) is 2.77. The van der Waals surface area contributed by atoms with Crippen molar-refractivity contribution < 1.29 is 14.3 Å². The number of hydrogen-bond donors (Lipinski definition) is 1. The molecule has 1 heterocycles. The first kappa shape index (κ1) is 20.2. The minimum atomic E-state index is -0.213. The summed E-state index contributed by atoms with van der Waals surface area (Å²) in [7, 11) is 1.88. The van der Waals surface area contributed by atoms with E-state index in [0.29, 0.717) is 23.9 Å². The molecule has 0 fully saturated rings. The maximum absolute atomic E-state index is 13.0. The molecule has 0 spiro atoms. The number of ether oxygens (including phenoxy) is 1. The SMILES string of the molecule is CC1CC(=O)Nc2ccccc2N1C(=O)CN(C)CCOc1ccc(Cl)cc1. The fraction of sp³-hybridized carbons (Fsp3) is 0.333. The number of fused-ring (bicyclic) bond motifs is 1. The Bertz CT molecular complexity index is 841. The summed E-state index contributed by atoms with van der Waals surface area (Å²) in [5, 5.41) is 3.53. The summed E-state index contributed by atoms with van der Waals surface area (Å²) in [5.74, 6) is 0.606. The van der Waals surface area contributed by atoms with Crippen molar-refractivity contribution in [3.8, 4) is 5.75 Å². The van der Waals surface area contributed by atoms with Gasteiger partial charge in [-0.3, -0.25) is 14.5 Å². The molecule has 148 valence electrons. The number of rotatable bonds is 6. The molecule has 7 heteroatoms. The second kappa shape index (κ2) is 9.08. The predicted octanol–water partition coefficient (Wildman–Crippen LogP) is 3.41. The minimum absolute atomic E-state index is 0.0505. The zero-order chi connectivity index (χ0) is 20.1. The molecule has 3 rings (SSSR count). The summed E-state index contributed by atoms with van der Waals surface area (Å²) in [4.78, 5) is 28.7. The molecule has 2 aromatic rings.